The molecule has 262 valence electrons. The second-order valence-corrected chi connectivity index (χ2v) is 14.5. The molecular formula is C51H31N3OS. The second-order valence-electron chi connectivity index (χ2n) is 13.5. The SMILES string of the molecule is [2H]c1c([2H])c(-c2cccc3ccoc23)c2c(sc3c([2H])c(-c4nc(-c5ccc(-c6ccccc6)c(-c6ccccc6)c5)nc(-c5ccc6ccccc6c5)n4)c([2H])c([2H])c32)c1[2H]. The number of thiophene rings is 1. The van der Waals surface area contributed by atoms with E-state index in [1.807, 2.05) is 103 Å². The Labute approximate surface area is 335 Å². The van der Waals surface area contributed by atoms with Crippen molar-refractivity contribution in [3.63, 3.8) is 0 Å². The average Bonchev–Trinajstić information content (AvgIpc) is 3.97. The molecule has 0 saturated carbocycles. The molecule has 4 nitrogen and oxygen atoms in total. The summed E-state index contributed by atoms with van der Waals surface area (Å²) in [6.45, 7) is 0. The number of rotatable bonds is 6. The van der Waals surface area contributed by atoms with E-state index in [0.717, 1.165) is 49.7 Å². The molecule has 3 aromatic heterocycles. The lowest BCUT2D eigenvalue weighted by Gasteiger charge is -2.14. The molecule has 0 aliphatic heterocycles. The fourth-order valence-corrected chi connectivity index (χ4v) is 8.46. The van der Waals surface area contributed by atoms with E-state index in [9.17, 15) is 4.11 Å². The Balaban J connectivity index is 1.18. The molecule has 0 spiro atoms. The van der Waals surface area contributed by atoms with Crippen molar-refractivity contribution >= 4 is 53.3 Å². The van der Waals surface area contributed by atoms with Crippen LogP contribution in [0, 0.1) is 0 Å². The molecule has 0 atom stereocenters. The standard InChI is InChI=1S/C51H31N3OS/c1-3-12-33(13-4-1)40-25-23-38(30-44(40)34-14-5-2-6-15-34)50-52-49(37-22-21-32-11-7-8-16-36(32)29-37)53-51(54-50)39-24-26-43-46(31-39)56-45-20-10-18-41(47(43)45)42-19-9-17-35-27-28-55-48(35)42/h1-31H/i10D,18D,20D,24D,26D,31D. The van der Waals surface area contributed by atoms with Crippen LogP contribution < -0.4 is 0 Å². The number of para-hydroxylation sites is 1. The van der Waals surface area contributed by atoms with Gasteiger partial charge in [0.15, 0.2) is 17.5 Å². The largest absolute Gasteiger partial charge is 0.464 e. The van der Waals surface area contributed by atoms with E-state index in [-0.39, 0.29) is 53.0 Å². The lowest BCUT2D eigenvalue weighted by molar-refractivity contribution is 0.617. The highest BCUT2D eigenvalue weighted by molar-refractivity contribution is 7.26. The molecule has 56 heavy (non-hydrogen) atoms. The number of aromatic nitrogens is 3. The topological polar surface area (TPSA) is 51.8 Å². The van der Waals surface area contributed by atoms with Crippen LogP contribution in [0.15, 0.2) is 193 Å². The molecule has 8 aromatic carbocycles. The van der Waals surface area contributed by atoms with Crippen molar-refractivity contribution in [3.8, 4) is 67.5 Å². The number of hydrogen-bond acceptors (Lipinski definition) is 5. The molecule has 3 heterocycles. The maximum Gasteiger partial charge on any atom is 0.164 e. The van der Waals surface area contributed by atoms with Gasteiger partial charge >= 0.3 is 0 Å². The number of nitrogens with zero attached hydrogens (tertiary/aromatic N) is 3. The van der Waals surface area contributed by atoms with Crippen LogP contribution in [-0.4, -0.2) is 15.0 Å². The maximum atomic E-state index is 9.77. The summed E-state index contributed by atoms with van der Waals surface area (Å²) in [6.07, 6.45) is 1.56. The van der Waals surface area contributed by atoms with E-state index in [1.165, 1.54) is 0 Å². The molecule has 11 rings (SSSR count). The minimum atomic E-state index is -0.276. The molecule has 0 bridgehead atoms. The van der Waals surface area contributed by atoms with Crippen molar-refractivity contribution in [2.75, 3.05) is 0 Å². The summed E-state index contributed by atoms with van der Waals surface area (Å²) in [5.41, 5.74) is 6.88. The molecule has 0 aliphatic rings. The summed E-state index contributed by atoms with van der Waals surface area (Å²) >= 11 is 1.10. The Kier molecular flexibility index (Phi) is 6.29. The minimum absolute atomic E-state index is 0.0438. The molecule has 0 saturated heterocycles. The fourth-order valence-electron chi connectivity index (χ4n) is 7.44. The van der Waals surface area contributed by atoms with Crippen LogP contribution in [0.3, 0.4) is 0 Å². The number of furan rings is 1. The quantitative estimate of drug-likeness (QED) is 0.170. The molecule has 0 aliphatic carbocycles. The van der Waals surface area contributed by atoms with Gasteiger partial charge in [-0.15, -0.1) is 11.3 Å². The van der Waals surface area contributed by atoms with Crippen LogP contribution in [-0.2, 0) is 0 Å². The van der Waals surface area contributed by atoms with Crippen molar-refractivity contribution in [1.29, 1.82) is 0 Å². The minimum Gasteiger partial charge on any atom is -0.464 e. The van der Waals surface area contributed by atoms with Gasteiger partial charge in [0, 0.05) is 47.8 Å². The molecule has 5 heteroatoms. The van der Waals surface area contributed by atoms with Gasteiger partial charge < -0.3 is 4.42 Å². The predicted octanol–water partition coefficient (Wildman–Crippen LogP) is 14.1. The van der Waals surface area contributed by atoms with Gasteiger partial charge in [-0.05, 0) is 68.9 Å². The summed E-state index contributed by atoms with van der Waals surface area (Å²) in [5, 5.41) is 3.47. The fraction of sp³-hybridized carbons (Fsp3) is 0. The van der Waals surface area contributed by atoms with Crippen LogP contribution in [0.5, 0.6) is 0 Å². The highest BCUT2D eigenvalue weighted by Gasteiger charge is 2.18. The lowest BCUT2D eigenvalue weighted by Crippen LogP contribution is -2.00. The van der Waals surface area contributed by atoms with E-state index < -0.39 is 0 Å². The first-order chi connectivity index (χ1) is 30.2. The van der Waals surface area contributed by atoms with Crippen LogP contribution in [0.2, 0.25) is 0 Å². The normalized spacial score (nSPS) is 13.1. The van der Waals surface area contributed by atoms with Gasteiger partial charge in [-0.3, -0.25) is 0 Å². The van der Waals surface area contributed by atoms with E-state index in [1.54, 1.807) is 12.3 Å². The third kappa shape index (κ3) is 5.56. The molecule has 11 aromatic rings. The van der Waals surface area contributed by atoms with Gasteiger partial charge in [0.25, 0.3) is 0 Å². The predicted molar refractivity (Wildman–Crippen MR) is 233 cm³/mol. The van der Waals surface area contributed by atoms with Crippen LogP contribution >= 0.6 is 11.3 Å². The zero-order valence-electron chi connectivity index (χ0n) is 35.6. The van der Waals surface area contributed by atoms with Gasteiger partial charge in [0.05, 0.1) is 14.5 Å². The van der Waals surface area contributed by atoms with Crippen molar-refractivity contribution in [3.05, 3.63) is 188 Å². The van der Waals surface area contributed by atoms with E-state index in [2.05, 4.69) is 36.4 Å². The van der Waals surface area contributed by atoms with Crippen LogP contribution in [0.25, 0.3) is 109 Å². The highest BCUT2D eigenvalue weighted by atomic mass is 32.1. The Morgan fingerprint density at radius 2 is 1.12 bits per heavy atom. The number of hydrogen-bond donors (Lipinski definition) is 0. The molecule has 0 fully saturated rings. The monoisotopic (exact) mass is 739 g/mol. The first kappa shape index (κ1) is 26.5. The third-order valence-electron chi connectivity index (χ3n) is 10.1. The summed E-state index contributed by atoms with van der Waals surface area (Å²) in [5.74, 6) is 0.728. The highest BCUT2D eigenvalue weighted by Crippen LogP contribution is 2.43. The first-order valence-corrected chi connectivity index (χ1v) is 19.0. The second kappa shape index (κ2) is 13.3. The number of fused-ring (bicyclic) bond motifs is 5. The third-order valence-corrected chi connectivity index (χ3v) is 11.2. The van der Waals surface area contributed by atoms with Gasteiger partial charge in [-0.1, -0.05) is 152 Å². The van der Waals surface area contributed by atoms with E-state index in [0.29, 0.717) is 54.3 Å². The average molecular weight is 740 g/mol. The van der Waals surface area contributed by atoms with E-state index >= 15 is 0 Å². The van der Waals surface area contributed by atoms with Crippen LogP contribution in [0.1, 0.15) is 8.22 Å². The lowest BCUT2D eigenvalue weighted by atomic mass is 9.92. The molecule has 0 amide bonds. The molecular weight excluding hydrogens is 703 g/mol. The molecule has 0 N–H and O–H groups in total. The summed E-state index contributed by atoms with van der Waals surface area (Å²) < 4.78 is 62.4. The van der Waals surface area contributed by atoms with Crippen molar-refractivity contribution in [2.45, 2.75) is 0 Å². The molecule has 0 radical (unpaired) electrons. The van der Waals surface area contributed by atoms with Crippen molar-refractivity contribution in [2.24, 2.45) is 0 Å². The van der Waals surface area contributed by atoms with Crippen LogP contribution in [0.4, 0.5) is 0 Å². The molecule has 0 unspecified atom stereocenters. The van der Waals surface area contributed by atoms with Gasteiger partial charge in [0.1, 0.15) is 5.58 Å². The smallest absolute Gasteiger partial charge is 0.164 e. The zero-order valence-corrected chi connectivity index (χ0v) is 30.4. The van der Waals surface area contributed by atoms with Gasteiger partial charge in [-0.25, -0.2) is 15.0 Å². The summed E-state index contributed by atoms with van der Waals surface area (Å²) in [7, 11) is 0. The Morgan fingerprint density at radius 3 is 1.93 bits per heavy atom. The summed E-state index contributed by atoms with van der Waals surface area (Å²) in [4.78, 5) is 15.0. The maximum absolute atomic E-state index is 9.77. The van der Waals surface area contributed by atoms with Gasteiger partial charge in [0.2, 0.25) is 0 Å². The van der Waals surface area contributed by atoms with Crippen molar-refractivity contribution in [1.82, 2.24) is 15.0 Å². The first-order valence-electron chi connectivity index (χ1n) is 21.2. The Bertz CT molecular complexity index is 3610. The number of benzene rings is 8. The zero-order chi connectivity index (χ0) is 42.2. The summed E-state index contributed by atoms with van der Waals surface area (Å²) in [6, 6.07) is 46.5. The van der Waals surface area contributed by atoms with Crippen molar-refractivity contribution < 1.29 is 12.6 Å². The van der Waals surface area contributed by atoms with E-state index in [4.69, 9.17) is 23.5 Å². The van der Waals surface area contributed by atoms with Gasteiger partial charge in [-0.2, -0.15) is 0 Å². The Morgan fingerprint density at radius 1 is 0.446 bits per heavy atom. The Hall–Kier alpha value is -7.21.